The summed E-state index contributed by atoms with van der Waals surface area (Å²) in [6, 6.07) is 31.0. The smallest absolute Gasteiger partial charge is 0.0622 e. The predicted octanol–water partition coefficient (Wildman–Crippen LogP) is 4.26. The maximum atomic E-state index is 6.10. The Hall–Kier alpha value is -2.05. The monoisotopic (exact) mass is 279 g/mol. The van der Waals surface area contributed by atoms with Crippen LogP contribution in [0.5, 0.6) is 0 Å². The van der Waals surface area contributed by atoms with Gasteiger partial charge in [0.2, 0.25) is 0 Å². The van der Waals surface area contributed by atoms with E-state index < -0.39 is 4.87 Å². The SMILES string of the molecule is [ClH+]C(c1ccccc1)(c1ccccc1)c1ccccc1. The van der Waals surface area contributed by atoms with Crippen LogP contribution < -0.4 is 0 Å². The summed E-state index contributed by atoms with van der Waals surface area (Å²) in [5.41, 5.74) is 3.40. The first-order valence-electron chi connectivity index (χ1n) is 6.69. The molecule has 1 heteroatoms. The molecule has 0 N–H and O–H groups in total. The highest BCUT2D eigenvalue weighted by molar-refractivity contribution is 5.45. The highest BCUT2D eigenvalue weighted by Crippen LogP contribution is 2.37. The molecule has 0 aromatic heterocycles. The summed E-state index contributed by atoms with van der Waals surface area (Å²) < 4.78 is 0. The fourth-order valence-corrected chi connectivity index (χ4v) is 2.93. The number of benzene rings is 3. The van der Waals surface area contributed by atoms with Gasteiger partial charge in [-0.1, -0.05) is 91.0 Å². The number of alkyl halides is 1. The summed E-state index contributed by atoms with van der Waals surface area (Å²) >= 11 is 6.10. The molecule has 0 fully saturated rings. The van der Waals surface area contributed by atoms with Gasteiger partial charge in [0.25, 0.3) is 4.87 Å². The van der Waals surface area contributed by atoms with Crippen molar-refractivity contribution in [3.8, 4) is 0 Å². The quantitative estimate of drug-likeness (QED) is 0.496. The van der Waals surface area contributed by atoms with Crippen molar-refractivity contribution < 1.29 is 11.6 Å². The van der Waals surface area contributed by atoms with Crippen LogP contribution in [0, 0.1) is 11.6 Å². The second-order valence-corrected chi connectivity index (χ2v) is 5.39. The second kappa shape index (κ2) is 5.52. The molecule has 0 aliphatic rings. The standard InChI is InChI=1S/C19H16Cl/c20-19(16-10-4-1-5-11-16,17-12-6-2-7-13-17)18-14-8-3-9-15-18/h1-15,20H/q+1. The van der Waals surface area contributed by atoms with Gasteiger partial charge in [0, 0.05) is 16.7 Å². The Morgan fingerprint density at radius 1 is 0.450 bits per heavy atom. The average Bonchev–Trinajstić information content (AvgIpc) is 2.56. The van der Waals surface area contributed by atoms with Gasteiger partial charge in [0.1, 0.15) is 11.6 Å². The Balaban J connectivity index is 2.24. The van der Waals surface area contributed by atoms with Gasteiger partial charge in [-0.05, 0) is 0 Å². The molecule has 0 radical (unpaired) electrons. The lowest BCUT2D eigenvalue weighted by Crippen LogP contribution is -2.26. The van der Waals surface area contributed by atoms with Crippen molar-refractivity contribution in [1.82, 2.24) is 0 Å². The molecule has 3 aromatic rings. The fraction of sp³-hybridized carbons (Fsp3) is 0.0526. The van der Waals surface area contributed by atoms with Gasteiger partial charge in [-0.3, -0.25) is 0 Å². The lowest BCUT2D eigenvalue weighted by Gasteiger charge is -2.21. The van der Waals surface area contributed by atoms with E-state index in [2.05, 4.69) is 36.4 Å². The molecule has 20 heavy (non-hydrogen) atoms. The molecular weight excluding hydrogens is 264 g/mol. The van der Waals surface area contributed by atoms with Crippen LogP contribution in [0.4, 0.5) is 0 Å². The Kier molecular flexibility index (Phi) is 3.58. The van der Waals surface area contributed by atoms with Crippen LogP contribution in [-0.2, 0) is 4.87 Å². The van der Waals surface area contributed by atoms with E-state index >= 15 is 0 Å². The summed E-state index contributed by atoms with van der Waals surface area (Å²) in [6.45, 7) is 0. The van der Waals surface area contributed by atoms with Crippen molar-refractivity contribution in [2.45, 2.75) is 4.87 Å². The van der Waals surface area contributed by atoms with Crippen molar-refractivity contribution in [3.05, 3.63) is 108 Å². The Labute approximate surface area is 124 Å². The van der Waals surface area contributed by atoms with Crippen molar-refractivity contribution >= 4 is 0 Å². The van der Waals surface area contributed by atoms with E-state index in [9.17, 15) is 0 Å². The number of hydrogen-bond donors (Lipinski definition) is 0. The normalized spacial score (nSPS) is 11.2. The van der Waals surface area contributed by atoms with Gasteiger partial charge in [0.05, 0.1) is 0 Å². The Morgan fingerprint density at radius 2 is 0.700 bits per heavy atom. The van der Waals surface area contributed by atoms with E-state index in [4.69, 9.17) is 11.6 Å². The third-order valence-electron chi connectivity index (χ3n) is 3.54. The number of rotatable bonds is 3. The third kappa shape index (κ3) is 2.23. The lowest BCUT2D eigenvalue weighted by molar-refractivity contribution is -0.455. The minimum Gasteiger partial charge on any atom is -0.0622 e. The minimum atomic E-state index is -0.538. The zero-order valence-electron chi connectivity index (χ0n) is 11.1. The lowest BCUT2D eigenvalue weighted by atomic mass is 9.84. The first kappa shape index (κ1) is 13.0. The third-order valence-corrected chi connectivity index (χ3v) is 4.25. The molecule has 0 aliphatic heterocycles. The van der Waals surface area contributed by atoms with E-state index in [0.717, 1.165) is 16.7 Å². The van der Waals surface area contributed by atoms with E-state index in [1.165, 1.54) is 0 Å². The molecule has 0 amide bonds. The molecule has 0 nitrogen and oxygen atoms in total. The summed E-state index contributed by atoms with van der Waals surface area (Å²) in [5.74, 6) is 0. The molecule has 3 rings (SSSR count). The Morgan fingerprint density at radius 3 is 0.950 bits per heavy atom. The Bertz CT molecular complexity index is 563. The zero-order chi connectivity index (χ0) is 13.8. The zero-order valence-corrected chi connectivity index (χ0v) is 11.9. The van der Waals surface area contributed by atoms with E-state index in [1.807, 2.05) is 54.6 Å². The minimum absolute atomic E-state index is 0.538. The van der Waals surface area contributed by atoms with Crippen LogP contribution in [0.15, 0.2) is 91.0 Å². The molecule has 98 valence electrons. The van der Waals surface area contributed by atoms with Gasteiger partial charge in [-0.25, -0.2) is 0 Å². The molecule has 0 heterocycles. The van der Waals surface area contributed by atoms with Gasteiger partial charge in [-0.15, -0.1) is 0 Å². The van der Waals surface area contributed by atoms with Crippen LogP contribution >= 0.6 is 0 Å². The number of hydrogen-bond acceptors (Lipinski definition) is 0. The summed E-state index contributed by atoms with van der Waals surface area (Å²) in [6.07, 6.45) is 0. The second-order valence-electron chi connectivity index (χ2n) is 4.78. The molecule has 0 spiro atoms. The van der Waals surface area contributed by atoms with Crippen LogP contribution in [0.3, 0.4) is 0 Å². The van der Waals surface area contributed by atoms with Gasteiger partial charge >= 0.3 is 0 Å². The van der Waals surface area contributed by atoms with Crippen LogP contribution in [0.25, 0.3) is 0 Å². The highest BCUT2D eigenvalue weighted by atomic mass is 35.5. The molecule has 0 saturated carbocycles. The first-order chi connectivity index (χ1) is 9.82. The van der Waals surface area contributed by atoms with E-state index in [1.54, 1.807) is 0 Å². The molecule has 0 saturated heterocycles. The highest BCUT2D eigenvalue weighted by Gasteiger charge is 2.42. The van der Waals surface area contributed by atoms with Crippen LogP contribution in [-0.4, -0.2) is 0 Å². The maximum Gasteiger partial charge on any atom is 0.263 e. The summed E-state index contributed by atoms with van der Waals surface area (Å²) in [5, 5.41) is 0. The van der Waals surface area contributed by atoms with Crippen LogP contribution in [0.1, 0.15) is 16.7 Å². The topological polar surface area (TPSA) is 0 Å². The molecule has 0 atom stereocenters. The molecule has 0 unspecified atom stereocenters. The van der Waals surface area contributed by atoms with Crippen molar-refractivity contribution in [2.24, 2.45) is 0 Å². The maximum absolute atomic E-state index is 6.10. The number of halogens is 1. The van der Waals surface area contributed by atoms with E-state index in [-0.39, 0.29) is 0 Å². The summed E-state index contributed by atoms with van der Waals surface area (Å²) in [4.78, 5) is -0.538. The van der Waals surface area contributed by atoms with Crippen LogP contribution in [0.2, 0.25) is 0 Å². The fourth-order valence-electron chi connectivity index (χ4n) is 2.52. The average molecular weight is 280 g/mol. The molecule has 0 bridgehead atoms. The molecule has 3 aromatic carbocycles. The summed E-state index contributed by atoms with van der Waals surface area (Å²) in [7, 11) is 0. The van der Waals surface area contributed by atoms with Crippen molar-refractivity contribution in [2.75, 3.05) is 0 Å². The largest absolute Gasteiger partial charge is 0.263 e. The molecular formula is C19H16Cl+. The van der Waals surface area contributed by atoms with E-state index in [0.29, 0.717) is 0 Å². The van der Waals surface area contributed by atoms with Gasteiger partial charge < -0.3 is 0 Å². The molecule has 0 aliphatic carbocycles. The van der Waals surface area contributed by atoms with Gasteiger partial charge in [0.15, 0.2) is 0 Å². The predicted molar refractivity (Wildman–Crippen MR) is 80.6 cm³/mol. The van der Waals surface area contributed by atoms with Crippen molar-refractivity contribution in [3.63, 3.8) is 0 Å². The first-order valence-corrected chi connectivity index (χ1v) is 7.09. The van der Waals surface area contributed by atoms with Crippen molar-refractivity contribution in [1.29, 1.82) is 0 Å². The van der Waals surface area contributed by atoms with Gasteiger partial charge in [-0.2, -0.15) is 0 Å².